The molecule has 2 aromatic rings. The van der Waals surface area contributed by atoms with E-state index in [0.29, 0.717) is 28.3 Å². The van der Waals surface area contributed by atoms with Gasteiger partial charge in [-0.3, -0.25) is 4.79 Å². The zero-order chi connectivity index (χ0) is 15.4. The molecule has 0 spiro atoms. The van der Waals surface area contributed by atoms with Gasteiger partial charge >= 0.3 is 0 Å². The van der Waals surface area contributed by atoms with Crippen molar-refractivity contribution in [2.24, 2.45) is 0 Å². The molecule has 5 heteroatoms. The first-order valence-electron chi connectivity index (χ1n) is 6.31. The van der Waals surface area contributed by atoms with E-state index in [0.717, 1.165) is 5.56 Å². The number of nitrogen functional groups attached to an aromatic ring is 1. The average Bonchev–Trinajstić information content (AvgIpc) is 2.50. The van der Waals surface area contributed by atoms with Crippen molar-refractivity contribution in [3.05, 3.63) is 53.1 Å². The molecule has 0 saturated heterocycles. The highest BCUT2D eigenvalue weighted by molar-refractivity contribution is 6.06. The highest BCUT2D eigenvalue weighted by Crippen LogP contribution is 2.26. The molecule has 1 amide bonds. The second-order valence-corrected chi connectivity index (χ2v) is 4.50. The van der Waals surface area contributed by atoms with Crippen molar-refractivity contribution in [1.29, 1.82) is 5.26 Å². The first-order valence-corrected chi connectivity index (χ1v) is 6.31. The number of carbonyl (C=O) groups is 1. The first kappa shape index (κ1) is 14.4. The molecule has 0 unspecified atom stereocenters. The number of nitrogens with one attached hydrogen (secondary N) is 1. The summed E-state index contributed by atoms with van der Waals surface area (Å²) in [6.07, 6.45) is 0. The number of anilines is 2. The predicted octanol–water partition coefficient (Wildman–Crippen LogP) is 2.71. The van der Waals surface area contributed by atoms with Gasteiger partial charge in [-0.1, -0.05) is 6.07 Å². The van der Waals surface area contributed by atoms with E-state index in [1.165, 1.54) is 7.11 Å². The third-order valence-electron chi connectivity index (χ3n) is 3.20. The largest absolute Gasteiger partial charge is 0.495 e. The van der Waals surface area contributed by atoms with E-state index < -0.39 is 0 Å². The van der Waals surface area contributed by atoms with Crippen LogP contribution in [0.1, 0.15) is 21.5 Å². The molecule has 0 aliphatic rings. The van der Waals surface area contributed by atoms with Crippen molar-refractivity contribution in [3.63, 3.8) is 0 Å². The minimum atomic E-state index is -0.275. The molecule has 0 radical (unpaired) electrons. The van der Waals surface area contributed by atoms with Crippen molar-refractivity contribution < 1.29 is 9.53 Å². The van der Waals surface area contributed by atoms with Crippen LogP contribution in [0.3, 0.4) is 0 Å². The SMILES string of the molecule is COc1cc(C#N)ccc1NC(=O)c1cccc(N)c1C. The van der Waals surface area contributed by atoms with Gasteiger partial charge in [0, 0.05) is 17.3 Å². The third kappa shape index (κ3) is 2.95. The standard InChI is InChI=1S/C16H15N3O2/c1-10-12(4-3-5-13(10)18)16(20)19-14-7-6-11(9-17)8-15(14)21-2/h3-8H,18H2,1-2H3,(H,19,20). The molecular formula is C16H15N3O2. The summed E-state index contributed by atoms with van der Waals surface area (Å²) in [5, 5.41) is 11.6. The minimum Gasteiger partial charge on any atom is -0.495 e. The molecule has 0 aliphatic carbocycles. The normalized spacial score (nSPS) is 9.76. The quantitative estimate of drug-likeness (QED) is 0.847. The van der Waals surface area contributed by atoms with E-state index >= 15 is 0 Å². The number of ether oxygens (including phenoxy) is 1. The fourth-order valence-electron chi connectivity index (χ4n) is 1.95. The van der Waals surface area contributed by atoms with Crippen LogP contribution in [0.2, 0.25) is 0 Å². The maximum absolute atomic E-state index is 12.3. The number of nitrogens with zero attached hydrogens (tertiary/aromatic N) is 1. The summed E-state index contributed by atoms with van der Waals surface area (Å²) in [5.74, 6) is 0.159. The van der Waals surface area contributed by atoms with Crippen molar-refractivity contribution in [2.75, 3.05) is 18.2 Å². The molecule has 0 atom stereocenters. The Morgan fingerprint density at radius 2 is 2.10 bits per heavy atom. The molecule has 0 fully saturated rings. The third-order valence-corrected chi connectivity index (χ3v) is 3.20. The summed E-state index contributed by atoms with van der Waals surface area (Å²) < 4.78 is 5.19. The summed E-state index contributed by atoms with van der Waals surface area (Å²) in [6, 6.07) is 12.0. The van der Waals surface area contributed by atoms with Gasteiger partial charge in [0.15, 0.2) is 0 Å². The van der Waals surface area contributed by atoms with Crippen LogP contribution in [0.25, 0.3) is 0 Å². The van der Waals surface area contributed by atoms with E-state index in [4.69, 9.17) is 15.7 Å². The van der Waals surface area contributed by atoms with E-state index in [9.17, 15) is 4.79 Å². The van der Waals surface area contributed by atoms with E-state index in [-0.39, 0.29) is 5.91 Å². The van der Waals surface area contributed by atoms with Gasteiger partial charge in [-0.15, -0.1) is 0 Å². The molecule has 21 heavy (non-hydrogen) atoms. The molecule has 0 aliphatic heterocycles. The average molecular weight is 281 g/mol. The molecule has 0 aromatic heterocycles. The molecule has 0 bridgehead atoms. The van der Waals surface area contributed by atoms with Crippen molar-refractivity contribution in [3.8, 4) is 11.8 Å². The summed E-state index contributed by atoms with van der Waals surface area (Å²) in [6.45, 7) is 1.79. The van der Waals surface area contributed by atoms with Gasteiger partial charge in [0.1, 0.15) is 5.75 Å². The monoisotopic (exact) mass is 281 g/mol. The van der Waals surface area contributed by atoms with Gasteiger partial charge < -0.3 is 15.8 Å². The summed E-state index contributed by atoms with van der Waals surface area (Å²) in [4.78, 5) is 12.3. The summed E-state index contributed by atoms with van der Waals surface area (Å²) in [5.41, 5.74) is 8.56. The van der Waals surface area contributed by atoms with Crippen LogP contribution < -0.4 is 15.8 Å². The van der Waals surface area contributed by atoms with Gasteiger partial charge in [0.05, 0.1) is 24.4 Å². The number of nitrogens with two attached hydrogens (primary N) is 1. The molecule has 5 nitrogen and oxygen atoms in total. The molecule has 3 N–H and O–H groups in total. The zero-order valence-electron chi connectivity index (χ0n) is 11.8. The summed E-state index contributed by atoms with van der Waals surface area (Å²) in [7, 11) is 1.48. The van der Waals surface area contributed by atoms with Crippen LogP contribution in [-0.2, 0) is 0 Å². The Labute approximate surface area is 123 Å². The molecule has 106 valence electrons. The predicted molar refractivity (Wildman–Crippen MR) is 81.3 cm³/mol. The summed E-state index contributed by atoms with van der Waals surface area (Å²) >= 11 is 0. The highest BCUT2D eigenvalue weighted by atomic mass is 16.5. The van der Waals surface area contributed by atoms with Crippen LogP contribution in [-0.4, -0.2) is 13.0 Å². The lowest BCUT2D eigenvalue weighted by molar-refractivity contribution is 0.102. The van der Waals surface area contributed by atoms with E-state index in [1.54, 1.807) is 43.3 Å². The van der Waals surface area contributed by atoms with Gasteiger partial charge in [-0.25, -0.2) is 0 Å². The lowest BCUT2D eigenvalue weighted by Gasteiger charge is -2.12. The second-order valence-electron chi connectivity index (χ2n) is 4.50. The smallest absolute Gasteiger partial charge is 0.256 e. The molecule has 2 rings (SSSR count). The number of nitriles is 1. The Hall–Kier alpha value is -3.00. The maximum atomic E-state index is 12.3. The number of benzene rings is 2. The lowest BCUT2D eigenvalue weighted by atomic mass is 10.1. The van der Waals surface area contributed by atoms with Crippen molar-refractivity contribution in [1.82, 2.24) is 0 Å². The van der Waals surface area contributed by atoms with Crippen LogP contribution in [0.15, 0.2) is 36.4 Å². The fourth-order valence-corrected chi connectivity index (χ4v) is 1.95. The zero-order valence-corrected chi connectivity index (χ0v) is 11.8. The Morgan fingerprint density at radius 1 is 1.33 bits per heavy atom. The van der Waals surface area contributed by atoms with E-state index in [2.05, 4.69) is 5.32 Å². The molecular weight excluding hydrogens is 266 g/mol. The van der Waals surface area contributed by atoms with Gasteiger partial charge in [0.2, 0.25) is 0 Å². The second kappa shape index (κ2) is 5.97. The number of hydrogen-bond donors (Lipinski definition) is 2. The molecule has 0 heterocycles. The van der Waals surface area contributed by atoms with Crippen molar-refractivity contribution >= 4 is 17.3 Å². The Morgan fingerprint density at radius 3 is 2.76 bits per heavy atom. The van der Waals surface area contributed by atoms with E-state index in [1.807, 2.05) is 6.07 Å². The number of methoxy groups -OCH3 is 1. The van der Waals surface area contributed by atoms with Gasteiger partial charge in [-0.2, -0.15) is 5.26 Å². The van der Waals surface area contributed by atoms with Crippen LogP contribution in [0.5, 0.6) is 5.75 Å². The molecule has 2 aromatic carbocycles. The number of carbonyl (C=O) groups excluding carboxylic acids is 1. The minimum absolute atomic E-state index is 0.275. The molecule has 0 saturated carbocycles. The van der Waals surface area contributed by atoms with Crippen LogP contribution in [0.4, 0.5) is 11.4 Å². The first-order chi connectivity index (χ1) is 10.1. The lowest BCUT2D eigenvalue weighted by Crippen LogP contribution is -2.14. The topological polar surface area (TPSA) is 88.1 Å². The maximum Gasteiger partial charge on any atom is 0.256 e. The number of hydrogen-bond acceptors (Lipinski definition) is 4. The Balaban J connectivity index is 2.32. The Kier molecular flexibility index (Phi) is 4.10. The van der Waals surface area contributed by atoms with Crippen molar-refractivity contribution in [2.45, 2.75) is 6.92 Å². The van der Waals surface area contributed by atoms with Crippen LogP contribution in [0, 0.1) is 18.3 Å². The van der Waals surface area contributed by atoms with Gasteiger partial charge in [0.25, 0.3) is 5.91 Å². The number of rotatable bonds is 3. The highest BCUT2D eigenvalue weighted by Gasteiger charge is 2.13. The fraction of sp³-hybridized carbons (Fsp3) is 0.125. The number of amides is 1. The van der Waals surface area contributed by atoms with Gasteiger partial charge in [-0.05, 0) is 36.8 Å². The van der Waals surface area contributed by atoms with Crippen LogP contribution >= 0.6 is 0 Å². The Bertz CT molecular complexity index is 733.